The van der Waals surface area contributed by atoms with Gasteiger partial charge in [-0.3, -0.25) is 4.72 Å². The Labute approximate surface area is 126 Å². The number of rotatable bonds is 5. The number of nitrogens with zero attached hydrogens (tertiary/aromatic N) is 2. The molecule has 2 aromatic rings. The van der Waals surface area contributed by atoms with Crippen LogP contribution < -0.4 is 4.72 Å². The van der Waals surface area contributed by atoms with E-state index in [1.165, 1.54) is 29.1 Å². The van der Waals surface area contributed by atoms with Crippen molar-refractivity contribution in [3.8, 4) is 0 Å². The van der Waals surface area contributed by atoms with Gasteiger partial charge in [0.1, 0.15) is 15.7 Å². The van der Waals surface area contributed by atoms with Crippen LogP contribution in [-0.2, 0) is 16.6 Å². The second-order valence-electron chi connectivity index (χ2n) is 4.12. The third-order valence-corrected chi connectivity index (χ3v) is 4.28. The van der Waals surface area contributed by atoms with Crippen molar-refractivity contribution >= 4 is 33.3 Å². The van der Waals surface area contributed by atoms with Crippen LogP contribution in [0.15, 0.2) is 35.5 Å². The van der Waals surface area contributed by atoms with Crippen molar-refractivity contribution in [3.05, 3.63) is 41.4 Å². The van der Waals surface area contributed by atoms with Gasteiger partial charge in [-0.15, -0.1) is 0 Å². The fourth-order valence-corrected chi connectivity index (χ4v) is 3.01. The molecule has 2 heterocycles. The number of hydrogen-bond donors (Lipinski definition) is 2. The standard InChI is InChI=1S/C12H12ClN3O4S/c1-2-16-7-9(6-10(16)12(17)18)21(19,20)15-8-3-4-14-11(13)5-8/h3-7H,2H2,1H3,(H,14,15)(H,17,18). The van der Waals surface area contributed by atoms with Crippen LogP contribution in [0.2, 0.25) is 5.15 Å². The first-order valence-corrected chi connectivity index (χ1v) is 7.77. The van der Waals surface area contributed by atoms with Gasteiger partial charge in [0.2, 0.25) is 0 Å². The molecule has 7 nitrogen and oxygen atoms in total. The Kier molecular flexibility index (Phi) is 4.19. The summed E-state index contributed by atoms with van der Waals surface area (Å²) in [6.45, 7) is 2.07. The Morgan fingerprint density at radius 3 is 2.71 bits per heavy atom. The van der Waals surface area contributed by atoms with E-state index in [4.69, 9.17) is 16.7 Å². The van der Waals surface area contributed by atoms with Gasteiger partial charge in [-0.1, -0.05) is 11.6 Å². The summed E-state index contributed by atoms with van der Waals surface area (Å²) in [6.07, 6.45) is 2.63. The van der Waals surface area contributed by atoms with Gasteiger partial charge in [0, 0.05) is 18.9 Å². The van der Waals surface area contributed by atoms with Gasteiger partial charge >= 0.3 is 5.97 Å². The molecule has 0 atom stereocenters. The molecule has 2 aromatic heterocycles. The summed E-state index contributed by atoms with van der Waals surface area (Å²) >= 11 is 5.69. The molecular formula is C12H12ClN3O4S. The number of carboxylic acid groups (broad SMARTS) is 1. The molecule has 21 heavy (non-hydrogen) atoms. The largest absolute Gasteiger partial charge is 0.477 e. The smallest absolute Gasteiger partial charge is 0.352 e. The van der Waals surface area contributed by atoms with Crippen molar-refractivity contribution in [1.29, 1.82) is 0 Å². The molecule has 0 spiro atoms. The maximum Gasteiger partial charge on any atom is 0.352 e. The summed E-state index contributed by atoms with van der Waals surface area (Å²) in [5.41, 5.74) is 0.154. The van der Waals surface area contributed by atoms with E-state index >= 15 is 0 Å². The number of anilines is 1. The quantitative estimate of drug-likeness (QED) is 0.817. The van der Waals surface area contributed by atoms with Crippen LogP contribution >= 0.6 is 11.6 Å². The maximum absolute atomic E-state index is 12.2. The molecule has 0 bridgehead atoms. The van der Waals surface area contributed by atoms with E-state index in [0.29, 0.717) is 6.54 Å². The van der Waals surface area contributed by atoms with E-state index in [1.807, 2.05) is 0 Å². The van der Waals surface area contributed by atoms with E-state index in [0.717, 1.165) is 6.07 Å². The topological polar surface area (TPSA) is 101 Å². The zero-order valence-electron chi connectivity index (χ0n) is 10.9. The first-order valence-electron chi connectivity index (χ1n) is 5.91. The first-order chi connectivity index (χ1) is 9.83. The summed E-state index contributed by atoms with van der Waals surface area (Å²) in [5, 5.41) is 9.19. The first kappa shape index (κ1) is 15.3. The average molecular weight is 330 g/mol. The van der Waals surface area contributed by atoms with Gasteiger partial charge in [-0.05, 0) is 25.1 Å². The fraction of sp³-hybridized carbons (Fsp3) is 0.167. The molecule has 0 saturated heterocycles. The summed E-state index contributed by atoms with van der Waals surface area (Å²) in [7, 11) is -3.90. The lowest BCUT2D eigenvalue weighted by atomic mass is 10.4. The fourth-order valence-electron chi connectivity index (χ4n) is 1.75. The van der Waals surface area contributed by atoms with Crippen molar-refractivity contribution in [1.82, 2.24) is 9.55 Å². The van der Waals surface area contributed by atoms with Crippen molar-refractivity contribution < 1.29 is 18.3 Å². The molecule has 2 N–H and O–H groups in total. The predicted molar refractivity (Wildman–Crippen MR) is 77.1 cm³/mol. The molecule has 0 amide bonds. The number of hydrogen-bond acceptors (Lipinski definition) is 4. The van der Waals surface area contributed by atoms with Crippen molar-refractivity contribution in [2.24, 2.45) is 0 Å². The van der Waals surface area contributed by atoms with Gasteiger partial charge in [-0.25, -0.2) is 18.2 Å². The van der Waals surface area contributed by atoms with Gasteiger partial charge < -0.3 is 9.67 Å². The molecular weight excluding hydrogens is 318 g/mol. The number of halogens is 1. The summed E-state index contributed by atoms with van der Waals surface area (Å²) in [4.78, 5) is 14.7. The minimum atomic E-state index is -3.90. The van der Waals surface area contributed by atoms with Crippen LogP contribution in [0.25, 0.3) is 0 Å². The number of nitrogens with one attached hydrogen (secondary N) is 1. The van der Waals surface area contributed by atoms with E-state index in [-0.39, 0.29) is 21.4 Å². The number of aromatic nitrogens is 2. The van der Waals surface area contributed by atoms with E-state index in [1.54, 1.807) is 6.92 Å². The summed E-state index contributed by atoms with van der Waals surface area (Å²) in [5.74, 6) is -1.19. The second-order valence-corrected chi connectivity index (χ2v) is 6.19. The molecule has 0 aliphatic heterocycles. The highest BCUT2D eigenvalue weighted by Crippen LogP contribution is 2.20. The minimum absolute atomic E-state index is 0.0920. The number of sulfonamides is 1. The molecule has 0 aromatic carbocycles. The monoisotopic (exact) mass is 329 g/mol. The molecule has 0 saturated carbocycles. The summed E-state index contributed by atoms with van der Waals surface area (Å²) in [6, 6.07) is 3.91. The van der Waals surface area contributed by atoms with Crippen LogP contribution in [-0.4, -0.2) is 29.0 Å². The molecule has 112 valence electrons. The Morgan fingerprint density at radius 1 is 1.48 bits per heavy atom. The van der Waals surface area contributed by atoms with Gasteiger partial charge in [0.05, 0.1) is 5.69 Å². The highest BCUT2D eigenvalue weighted by molar-refractivity contribution is 7.92. The highest BCUT2D eigenvalue weighted by Gasteiger charge is 2.21. The van der Waals surface area contributed by atoms with Gasteiger partial charge in [0.15, 0.2) is 0 Å². The Bertz CT molecular complexity index is 786. The third-order valence-electron chi connectivity index (χ3n) is 2.72. The molecule has 0 aliphatic carbocycles. The lowest BCUT2D eigenvalue weighted by molar-refractivity contribution is 0.0685. The normalized spacial score (nSPS) is 11.3. The lowest BCUT2D eigenvalue weighted by Gasteiger charge is -2.06. The van der Waals surface area contributed by atoms with Gasteiger partial charge in [-0.2, -0.15) is 0 Å². The Hall–Kier alpha value is -2.06. The van der Waals surface area contributed by atoms with Crippen molar-refractivity contribution in [2.75, 3.05) is 4.72 Å². The van der Waals surface area contributed by atoms with Crippen LogP contribution in [0, 0.1) is 0 Å². The number of pyridine rings is 1. The van der Waals surface area contributed by atoms with Crippen molar-refractivity contribution in [3.63, 3.8) is 0 Å². The number of carboxylic acids is 1. The van der Waals surface area contributed by atoms with Crippen LogP contribution in [0.3, 0.4) is 0 Å². The van der Waals surface area contributed by atoms with Crippen LogP contribution in [0.4, 0.5) is 5.69 Å². The number of carbonyl (C=O) groups is 1. The minimum Gasteiger partial charge on any atom is -0.477 e. The zero-order chi connectivity index (χ0) is 15.6. The van der Waals surface area contributed by atoms with Crippen LogP contribution in [0.1, 0.15) is 17.4 Å². The SMILES string of the molecule is CCn1cc(S(=O)(=O)Nc2ccnc(Cl)c2)cc1C(=O)O. The molecule has 2 rings (SSSR count). The average Bonchev–Trinajstić information content (AvgIpc) is 2.83. The predicted octanol–water partition coefficient (Wildman–Crippen LogP) is 2.06. The van der Waals surface area contributed by atoms with Crippen molar-refractivity contribution in [2.45, 2.75) is 18.4 Å². The highest BCUT2D eigenvalue weighted by atomic mass is 35.5. The lowest BCUT2D eigenvalue weighted by Crippen LogP contribution is -2.12. The Morgan fingerprint density at radius 2 is 2.19 bits per heavy atom. The van der Waals surface area contributed by atoms with Crippen LogP contribution in [0.5, 0.6) is 0 Å². The maximum atomic E-state index is 12.2. The molecule has 9 heteroatoms. The van der Waals surface area contributed by atoms with E-state index in [9.17, 15) is 13.2 Å². The zero-order valence-corrected chi connectivity index (χ0v) is 12.5. The molecule has 0 aliphatic rings. The Balaban J connectivity index is 2.38. The number of aromatic carboxylic acids is 1. The third kappa shape index (κ3) is 3.34. The number of aryl methyl sites for hydroxylation is 1. The van der Waals surface area contributed by atoms with Gasteiger partial charge in [0.25, 0.3) is 10.0 Å². The molecule has 0 radical (unpaired) electrons. The molecule has 0 fully saturated rings. The van der Waals surface area contributed by atoms with E-state index in [2.05, 4.69) is 9.71 Å². The summed E-state index contributed by atoms with van der Waals surface area (Å²) < 4.78 is 28.1. The van der Waals surface area contributed by atoms with E-state index < -0.39 is 16.0 Å². The second kappa shape index (κ2) is 5.74. The molecule has 0 unspecified atom stereocenters.